The predicted molar refractivity (Wildman–Crippen MR) is 101 cm³/mol. The molecule has 3 aliphatic rings. The maximum Gasteiger partial charge on any atom is 0.337 e. The first-order valence-corrected chi connectivity index (χ1v) is 9.89. The minimum Gasteiger partial charge on any atom is -0.334 e. The lowest BCUT2D eigenvalue weighted by atomic mass is 9.82. The summed E-state index contributed by atoms with van der Waals surface area (Å²) in [6.07, 6.45) is 7.60. The number of para-hydroxylation sites is 1. The molecule has 26 heavy (non-hydrogen) atoms. The monoisotopic (exact) mass is 354 g/mol. The summed E-state index contributed by atoms with van der Waals surface area (Å²) in [7, 11) is 2.21. The molecule has 0 spiro atoms. The van der Waals surface area contributed by atoms with Crippen molar-refractivity contribution >= 4 is 17.1 Å². The van der Waals surface area contributed by atoms with Gasteiger partial charge in [-0.15, -0.1) is 0 Å². The van der Waals surface area contributed by atoms with Crippen LogP contribution in [0.2, 0.25) is 0 Å². The van der Waals surface area contributed by atoms with Crippen molar-refractivity contribution in [2.24, 2.45) is 0 Å². The number of fused-ring (bicyclic) bond motifs is 2. The van der Waals surface area contributed by atoms with E-state index >= 15 is 0 Å². The average Bonchev–Trinajstić information content (AvgIpc) is 2.90. The smallest absolute Gasteiger partial charge is 0.334 e. The summed E-state index contributed by atoms with van der Waals surface area (Å²) < 4.78 is 3.13. The molecule has 2 fully saturated rings. The number of hydrogen-bond acceptors (Lipinski definition) is 3. The van der Waals surface area contributed by atoms with Gasteiger partial charge < -0.3 is 10.2 Å². The number of piperidine rings is 2. The van der Waals surface area contributed by atoms with Crippen LogP contribution in [0.4, 0.5) is 4.79 Å². The lowest BCUT2D eigenvalue weighted by Gasteiger charge is -2.47. The lowest BCUT2D eigenvalue weighted by molar-refractivity contribution is 0.0509. The topological polar surface area (TPSA) is 59.3 Å². The summed E-state index contributed by atoms with van der Waals surface area (Å²) in [5.74, 6) is 0. The third kappa shape index (κ3) is 2.35. The van der Waals surface area contributed by atoms with Crippen molar-refractivity contribution in [3.8, 4) is 0 Å². The minimum absolute atomic E-state index is 0.160. The Morgan fingerprint density at radius 3 is 2.69 bits per heavy atom. The molecular formula is C20H26N4O2. The van der Waals surface area contributed by atoms with E-state index in [2.05, 4.69) is 23.3 Å². The maximum absolute atomic E-state index is 13.0. The van der Waals surface area contributed by atoms with Gasteiger partial charge in [-0.25, -0.2) is 14.2 Å². The van der Waals surface area contributed by atoms with Crippen molar-refractivity contribution in [1.82, 2.24) is 19.4 Å². The van der Waals surface area contributed by atoms with Crippen LogP contribution < -0.4 is 11.0 Å². The van der Waals surface area contributed by atoms with Crippen LogP contribution in [0.15, 0.2) is 23.0 Å². The highest BCUT2D eigenvalue weighted by atomic mass is 16.2. The summed E-state index contributed by atoms with van der Waals surface area (Å²) in [6, 6.07) is 6.93. The van der Waals surface area contributed by atoms with E-state index in [9.17, 15) is 9.59 Å². The molecule has 5 rings (SSSR count). The van der Waals surface area contributed by atoms with E-state index in [-0.39, 0.29) is 17.8 Å². The van der Waals surface area contributed by atoms with E-state index in [0.717, 1.165) is 36.7 Å². The standard InChI is InChI=1S/C20H26N4O2/c1-22-15-7-3-8-16(22)12-14(11-15)21-19(25)24-17-9-2-5-13-6-4-10-23(18(13)17)20(24)26/h2,5,9,14-16H,3-4,6-8,10-12H2,1H3,(H,21,25). The van der Waals surface area contributed by atoms with Gasteiger partial charge in [0.25, 0.3) is 0 Å². The molecule has 3 aliphatic heterocycles. The van der Waals surface area contributed by atoms with Crippen molar-refractivity contribution in [3.05, 3.63) is 34.2 Å². The van der Waals surface area contributed by atoms with Crippen LogP contribution >= 0.6 is 0 Å². The fraction of sp³-hybridized carbons (Fsp3) is 0.600. The fourth-order valence-electron chi connectivity index (χ4n) is 5.40. The third-order valence-corrected chi connectivity index (χ3v) is 6.73. The molecule has 1 amide bonds. The first-order valence-electron chi connectivity index (χ1n) is 9.89. The van der Waals surface area contributed by atoms with Crippen LogP contribution in [-0.4, -0.2) is 45.2 Å². The summed E-state index contributed by atoms with van der Waals surface area (Å²) >= 11 is 0. The highest BCUT2D eigenvalue weighted by Gasteiger charge is 2.37. The second kappa shape index (κ2) is 5.98. The maximum atomic E-state index is 13.0. The van der Waals surface area contributed by atoms with E-state index in [1.54, 1.807) is 4.57 Å². The molecule has 2 atom stereocenters. The Morgan fingerprint density at radius 2 is 1.92 bits per heavy atom. The number of nitrogens with one attached hydrogen (secondary N) is 1. The van der Waals surface area contributed by atoms with Crippen molar-refractivity contribution in [3.63, 3.8) is 0 Å². The van der Waals surface area contributed by atoms with Crippen LogP contribution in [0.25, 0.3) is 11.0 Å². The van der Waals surface area contributed by atoms with Gasteiger partial charge in [-0.2, -0.15) is 0 Å². The van der Waals surface area contributed by atoms with Crippen LogP contribution in [-0.2, 0) is 13.0 Å². The van der Waals surface area contributed by atoms with Crippen molar-refractivity contribution < 1.29 is 4.79 Å². The van der Waals surface area contributed by atoms with Gasteiger partial charge in [-0.3, -0.25) is 4.57 Å². The molecule has 1 N–H and O–H groups in total. The van der Waals surface area contributed by atoms with Gasteiger partial charge in [0.05, 0.1) is 11.0 Å². The van der Waals surface area contributed by atoms with Gasteiger partial charge in [-0.1, -0.05) is 18.6 Å². The fourth-order valence-corrected chi connectivity index (χ4v) is 5.40. The normalized spacial score (nSPS) is 28.3. The Balaban J connectivity index is 1.46. The SMILES string of the molecule is CN1C2CCCC1CC(NC(=O)n1c(=O)n3c4c(cccc41)CCC3)C2. The number of nitrogens with zero attached hydrogens (tertiary/aromatic N) is 3. The summed E-state index contributed by atoms with van der Waals surface area (Å²) in [4.78, 5) is 28.4. The number of benzene rings is 1. The number of aromatic nitrogens is 2. The van der Waals surface area contributed by atoms with Gasteiger partial charge in [0.2, 0.25) is 0 Å². The average molecular weight is 354 g/mol. The van der Waals surface area contributed by atoms with E-state index < -0.39 is 0 Å². The van der Waals surface area contributed by atoms with Gasteiger partial charge in [0.15, 0.2) is 0 Å². The quantitative estimate of drug-likeness (QED) is 0.855. The molecular weight excluding hydrogens is 328 g/mol. The molecule has 6 nitrogen and oxygen atoms in total. The number of imidazole rings is 1. The summed E-state index contributed by atoms with van der Waals surface area (Å²) in [5, 5.41) is 3.18. The number of carbonyl (C=O) groups excluding carboxylic acids is 1. The Hall–Kier alpha value is -2.08. The first kappa shape index (κ1) is 16.1. The predicted octanol–water partition coefficient (Wildman–Crippen LogP) is 2.32. The number of hydrogen-bond donors (Lipinski definition) is 1. The third-order valence-electron chi connectivity index (χ3n) is 6.73. The number of amides is 1. The Morgan fingerprint density at radius 1 is 1.15 bits per heavy atom. The van der Waals surface area contributed by atoms with E-state index in [1.165, 1.54) is 29.4 Å². The molecule has 0 saturated carbocycles. The number of aryl methyl sites for hydroxylation is 2. The molecule has 2 bridgehead atoms. The van der Waals surface area contributed by atoms with Gasteiger partial charge in [0.1, 0.15) is 0 Å². The van der Waals surface area contributed by atoms with Gasteiger partial charge in [-0.05, 0) is 57.2 Å². The Kier molecular flexibility index (Phi) is 3.71. The molecule has 2 unspecified atom stereocenters. The number of carbonyl (C=O) groups is 1. The zero-order chi connectivity index (χ0) is 17.8. The van der Waals surface area contributed by atoms with Crippen molar-refractivity contribution in [2.75, 3.05) is 7.05 Å². The van der Waals surface area contributed by atoms with E-state index in [0.29, 0.717) is 18.6 Å². The Labute approximate surface area is 152 Å². The molecule has 0 radical (unpaired) electrons. The first-order chi connectivity index (χ1) is 12.6. The van der Waals surface area contributed by atoms with Crippen molar-refractivity contribution in [2.45, 2.75) is 69.6 Å². The second-order valence-electron chi connectivity index (χ2n) is 8.18. The lowest BCUT2D eigenvalue weighted by Crippen LogP contribution is -2.56. The molecule has 6 heteroatoms. The van der Waals surface area contributed by atoms with Crippen LogP contribution in [0, 0.1) is 0 Å². The molecule has 1 aromatic carbocycles. The zero-order valence-corrected chi connectivity index (χ0v) is 15.3. The largest absolute Gasteiger partial charge is 0.337 e. The molecule has 0 aliphatic carbocycles. The highest BCUT2D eigenvalue weighted by Crippen LogP contribution is 2.32. The van der Waals surface area contributed by atoms with E-state index in [1.807, 2.05) is 12.1 Å². The number of rotatable bonds is 1. The van der Waals surface area contributed by atoms with Crippen LogP contribution in [0.5, 0.6) is 0 Å². The van der Waals surface area contributed by atoms with E-state index in [4.69, 9.17) is 0 Å². The molecule has 2 saturated heterocycles. The van der Waals surface area contributed by atoms with Gasteiger partial charge >= 0.3 is 11.7 Å². The summed E-state index contributed by atoms with van der Waals surface area (Å²) in [6.45, 7) is 0.699. The Bertz CT molecular complexity index is 914. The zero-order valence-electron chi connectivity index (χ0n) is 15.3. The molecule has 4 heterocycles. The molecule has 1 aromatic heterocycles. The minimum atomic E-state index is -0.259. The highest BCUT2D eigenvalue weighted by molar-refractivity contribution is 5.91. The molecule has 2 aromatic rings. The summed E-state index contributed by atoms with van der Waals surface area (Å²) in [5.41, 5.74) is 2.67. The van der Waals surface area contributed by atoms with Crippen molar-refractivity contribution in [1.29, 1.82) is 0 Å². The van der Waals surface area contributed by atoms with Crippen LogP contribution in [0.3, 0.4) is 0 Å². The second-order valence-corrected chi connectivity index (χ2v) is 8.18. The van der Waals surface area contributed by atoms with Crippen LogP contribution in [0.1, 0.15) is 44.1 Å². The molecule has 138 valence electrons. The van der Waals surface area contributed by atoms with Gasteiger partial charge in [0, 0.05) is 24.7 Å².